The molecule has 8 nitrogen and oxygen atoms in total. The molecule has 3 rings (SSSR count). The number of hydrogen-bond acceptors (Lipinski definition) is 6. The van der Waals surface area contributed by atoms with Gasteiger partial charge in [-0.2, -0.15) is 4.68 Å². The van der Waals surface area contributed by atoms with E-state index in [4.69, 9.17) is 11.6 Å². The van der Waals surface area contributed by atoms with Crippen LogP contribution in [0.2, 0.25) is 5.02 Å². The maximum Gasteiger partial charge on any atom is 0.321 e. The first-order valence-corrected chi connectivity index (χ1v) is 10.6. The monoisotopic (exact) mass is 422 g/mol. The molecule has 10 heteroatoms. The van der Waals surface area contributed by atoms with Gasteiger partial charge in [0.25, 0.3) is 0 Å². The largest absolute Gasteiger partial charge is 0.335 e. The van der Waals surface area contributed by atoms with Gasteiger partial charge in [0.05, 0.1) is 11.4 Å². The molecule has 1 aromatic carbocycles. The third-order valence-electron chi connectivity index (χ3n) is 5.12. The predicted octanol–water partition coefficient (Wildman–Crippen LogP) is 3.06. The van der Waals surface area contributed by atoms with Gasteiger partial charge in [-0.05, 0) is 52.9 Å². The highest BCUT2D eigenvalue weighted by atomic mass is 35.5. The van der Waals surface area contributed by atoms with Crippen molar-refractivity contribution in [3.63, 3.8) is 0 Å². The van der Waals surface area contributed by atoms with Crippen molar-refractivity contribution in [3.05, 3.63) is 29.3 Å². The fraction of sp³-hybridized carbons (Fsp3) is 0.500. The summed E-state index contributed by atoms with van der Waals surface area (Å²) < 4.78 is 1.51. The zero-order valence-electron chi connectivity index (χ0n) is 15.8. The van der Waals surface area contributed by atoms with Crippen molar-refractivity contribution in [1.29, 1.82) is 0 Å². The van der Waals surface area contributed by atoms with E-state index in [0.29, 0.717) is 22.0 Å². The van der Waals surface area contributed by atoms with E-state index in [1.54, 1.807) is 24.3 Å². The second kappa shape index (κ2) is 9.38. The number of benzene rings is 1. The molecule has 1 aliphatic carbocycles. The van der Waals surface area contributed by atoms with E-state index < -0.39 is 11.9 Å². The molecule has 0 spiro atoms. The van der Waals surface area contributed by atoms with Crippen LogP contribution in [0.5, 0.6) is 0 Å². The van der Waals surface area contributed by atoms with Gasteiger partial charge in [0.1, 0.15) is 0 Å². The summed E-state index contributed by atoms with van der Waals surface area (Å²) in [4.78, 5) is 24.3. The van der Waals surface area contributed by atoms with Crippen LogP contribution in [0.4, 0.5) is 4.79 Å². The second-order valence-electron chi connectivity index (χ2n) is 7.03. The number of halogens is 1. The third-order valence-corrected chi connectivity index (χ3v) is 6.29. The lowest BCUT2D eigenvalue weighted by Crippen LogP contribution is -2.49. The Morgan fingerprint density at radius 3 is 2.75 bits per heavy atom. The number of imide groups is 1. The lowest BCUT2D eigenvalue weighted by atomic mass is 9.78. The molecule has 1 heterocycles. The average Bonchev–Trinajstić information content (AvgIpc) is 3.13. The highest BCUT2D eigenvalue weighted by Crippen LogP contribution is 2.29. The van der Waals surface area contributed by atoms with E-state index in [1.807, 2.05) is 0 Å². The van der Waals surface area contributed by atoms with Crippen LogP contribution in [0, 0.1) is 11.8 Å². The highest BCUT2D eigenvalue weighted by molar-refractivity contribution is 7.99. The van der Waals surface area contributed by atoms with Crippen molar-refractivity contribution < 1.29 is 9.59 Å². The Morgan fingerprint density at radius 2 is 2.00 bits per heavy atom. The van der Waals surface area contributed by atoms with E-state index in [-0.39, 0.29) is 11.8 Å². The third kappa shape index (κ3) is 5.23. The van der Waals surface area contributed by atoms with Crippen LogP contribution in [-0.4, -0.2) is 43.9 Å². The van der Waals surface area contributed by atoms with Crippen LogP contribution in [0.25, 0.3) is 5.69 Å². The molecule has 0 saturated heterocycles. The number of rotatable bonds is 5. The Balaban J connectivity index is 1.50. The molecule has 0 unspecified atom stereocenters. The number of carbonyl (C=O) groups is 2. The lowest BCUT2D eigenvalue weighted by Gasteiger charge is -2.34. The first kappa shape index (κ1) is 20.6. The molecule has 3 amide bonds. The summed E-state index contributed by atoms with van der Waals surface area (Å²) in [7, 11) is 0. The van der Waals surface area contributed by atoms with Crippen LogP contribution in [-0.2, 0) is 4.79 Å². The molecule has 28 heavy (non-hydrogen) atoms. The van der Waals surface area contributed by atoms with Crippen LogP contribution >= 0.6 is 23.4 Å². The Kier molecular flexibility index (Phi) is 6.90. The van der Waals surface area contributed by atoms with E-state index >= 15 is 0 Å². The van der Waals surface area contributed by atoms with Crippen LogP contribution in [0.1, 0.15) is 33.1 Å². The summed E-state index contributed by atoms with van der Waals surface area (Å²) in [5, 5.41) is 17.9. The molecule has 150 valence electrons. The molecule has 1 aromatic heterocycles. The number of amides is 3. The Bertz CT molecular complexity index is 828. The zero-order chi connectivity index (χ0) is 20.1. The highest BCUT2D eigenvalue weighted by Gasteiger charge is 2.28. The Morgan fingerprint density at radius 1 is 1.25 bits per heavy atom. The van der Waals surface area contributed by atoms with Crippen molar-refractivity contribution in [3.8, 4) is 5.69 Å². The maximum atomic E-state index is 12.1. The molecule has 1 fully saturated rings. The number of aromatic nitrogens is 4. The van der Waals surface area contributed by atoms with Gasteiger partial charge in [-0.25, -0.2) is 4.79 Å². The maximum absolute atomic E-state index is 12.1. The Hall–Kier alpha value is -2.13. The molecule has 0 aliphatic heterocycles. The van der Waals surface area contributed by atoms with Crippen molar-refractivity contribution in [2.75, 3.05) is 5.75 Å². The van der Waals surface area contributed by atoms with E-state index in [2.05, 4.69) is 40.0 Å². The summed E-state index contributed by atoms with van der Waals surface area (Å²) in [6.45, 7) is 4.34. The fourth-order valence-electron chi connectivity index (χ4n) is 3.30. The minimum Gasteiger partial charge on any atom is -0.335 e. The fourth-order valence-corrected chi connectivity index (χ4v) is 4.11. The zero-order valence-corrected chi connectivity index (χ0v) is 17.3. The van der Waals surface area contributed by atoms with Gasteiger partial charge < -0.3 is 5.32 Å². The average molecular weight is 423 g/mol. The number of urea groups is 1. The molecular formula is C18H23ClN6O2S. The van der Waals surface area contributed by atoms with Crippen LogP contribution in [0.3, 0.4) is 0 Å². The van der Waals surface area contributed by atoms with Gasteiger partial charge in [0, 0.05) is 11.1 Å². The first-order valence-electron chi connectivity index (χ1n) is 9.21. The van der Waals surface area contributed by atoms with Crippen molar-refractivity contribution in [2.24, 2.45) is 11.8 Å². The molecule has 1 saturated carbocycles. The molecule has 2 aromatic rings. The van der Waals surface area contributed by atoms with Gasteiger partial charge in [-0.15, -0.1) is 5.10 Å². The van der Waals surface area contributed by atoms with Gasteiger partial charge in [0.15, 0.2) is 0 Å². The lowest BCUT2D eigenvalue weighted by molar-refractivity contribution is -0.117. The molecule has 3 atom stereocenters. The Labute approximate surface area is 172 Å². The second-order valence-corrected chi connectivity index (χ2v) is 8.41. The number of hydrogen-bond donors (Lipinski definition) is 2. The molecule has 1 aliphatic rings. The number of carbonyl (C=O) groups excluding carboxylic acids is 2. The SMILES string of the molecule is C[C@@H]1[C@H](C)CCC[C@H]1NC(=O)NC(=O)CSc1nnnn1-c1ccc(Cl)cc1. The minimum absolute atomic E-state index is 0.0258. The van der Waals surface area contributed by atoms with Crippen molar-refractivity contribution in [2.45, 2.75) is 44.3 Å². The first-order chi connectivity index (χ1) is 13.4. The van der Waals surface area contributed by atoms with Crippen LogP contribution < -0.4 is 10.6 Å². The topological polar surface area (TPSA) is 102 Å². The molecule has 0 bridgehead atoms. The predicted molar refractivity (Wildman–Crippen MR) is 108 cm³/mol. The van der Waals surface area contributed by atoms with Gasteiger partial charge in [0.2, 0.25) is 11.1 Å². The molecule has 2 N–H and O–H groups in total. The number of tetrazole rings is 1. The van der Waals surface area contributed by atoms with E-state index in [0.717, 1.165) is 30.3 Å². The summed E-state index contributed by atoms with van der Waals surface area (Å²) in [5.74, 6) is 0.590. The van der Waals surface area contributed by atoms with Gasteiger partial charge in [-0.1, -0.05) is 50.1 Å². The normalized spacial score (nSPS) is 21.9. The minimum atomic E-state index is -0.450. The summed E-state index contributed by atoms with van der Waals surface area (Å²) in [6.07, 6.45) is 3.21. The quantitative estimate of drug-likeness (QED) is 0.718. The molecular weight excluding hydrogens is 400 g/mol. The standard InChI is InChI=1S/C18H23ClN6O2S/c1-11-4-3-5-15(12(11)2)20-17(27)21-16(26)10-28-18-22-23-24-25(18)14-8-6-13(19)7-9-14/h6-9,11-12,15H,3-5,10H2,1-2H3,(H2,20,21,26,27)/t11-,12-,15-/m1/s1. The summed E-state index contributed by atoms with van der Waals surface area (Å²) in [6, 6.07) is 6.68. The van der Waals surface area contributed by atoms with Gasteiger partial charge >= 0.3 is 6.03 Å². The smallest absolute Gasteiger partial charge is 0.321 e. The van der Waals surface area contributed by atoms with Crippen molar-refractivity contribution in [1.82, 2.24) is 30.8 Å². The number of nitrogens with zero attached hydrogens (tertiary/aromatic N) is 4. The summed E-state index contributed by atoms with van der Waals surface area (Å²) >= 11 is 7.05. The van der Waals surface area contributed by atoms with Gasteiger partial charge in [-0.3, -0.25) is 10.1 Å². The van der Waals surface area contributed by atoms with Crippen LogP contribution in [0.15, 0.2) is 29.4 Å². The number of thioether (sulfide) groups is 1. The van der Waals surface area contributed by atoms with E-state index in [1.165, 1.54) is 11.1 Å². The van der Waals surface area contributed by atoms with E-state index in [9.17, 15) is 9.59 Å². The molecule has 0 radical (unpaired) electrons. The summed E-state index contributed by atoms with van der Waals surface area (Å²) in [5.41, 5.74) is 0.732. The van der Waals surface area contributed by atoms with Crippen molar-refractivity contribution >= 4 is 35.3 Å². The number of nitrogens with one attached hydrogen (secondary N) is 2.